The second-order valence-corrected chi connectivity index (χ2v) is 8.14. The topological polar surface area (TPSA) is 36.2 Å². The summed E-state index contributed by atoms with van der Waals surface area (Å²) in [5.74, 6) is -0.644. The van der Waals surface area contributed by atoms with Crippen LogP contribution in [0, 0.1) is 5.82 Å². The summed E-state index contributed by atoms with van der Waals surface area (Å²) >= 11 is 0. The fraction of sp³-hybridized carbons (Fsp3) is 0.148. The molecule has 32 heavy (non-hydrogen) atoms. The zero-order valence-corrected chi connectivity index (χ0v) is 18.0. The summed E-state index contributed by atoms with van der Waals surface area (Å²) in [5.41, 5.74) is 4.22. The van der Waals surface area contributed by atoms with E-state index in [2.05, 4.69) is 24.3 Å². The van der Waals surface area contributed by atoms with Crippen molar-refractivity contribution in [3.8, 4) is 5.69 Å². The van der Waals surface area contributed by atoms with Crippen molar-refractivity contribution in [2.45, 2.75) is 26.5 Å². The van der Waals surface area contributed by atoms with Crippen molar-refractivity contribution in [2.24, 2.45) is 0 Å². The van der Waals surface area contributed by atoms with Gasteiger partial charge in [0, 0.05) is 18.4 Å². The zero-order chi connectivity index (χ0) is 22.2. The van der Waals surface area contributed by atoms with Crippen LogP contribution in [0.1, 0.15) is 29.9 Å². The minimum Gasteiger partial charge on any atom is -0.458 e. The molecule has 5 heteroatoms. The van der Waals surface area contributed by atoms with E-state index in [1.54, 1.807) is 12.1 Å². The molecule has 160 valence electrons. The van der Waals surface area contributed by atoms with Gasteiger partial charge in [-0.15, -0.1) is 0 Å². The molecule has 0 aliphatic carbocycles. The van der Waals surface area contributed by atoms with Crippen molar-refractivity contribution in [1.82, 2.24) is 9.13 Å². The second-order valence-electron chi connectivity index (χ2n) is 8.14. The molecule has 2 aromatic heterocycles. The van der Waals surface area contributed by atoms with Crippen LogP contribution in [0.15, 0.2) is 85.1 Å². The van der Waals surface area contributed by atoms with Crippen molar-refractivity contribution in [3.63, 3.8) is 0 Å². The summed E-state index contributed by atoms with van der Waals surface area (Å²) < 4.78 is 22.9. The Hall–Kier alpha value is -3.86. The third kappa shape index (κ3) is 3.56. The van der Waals surface area contributed by atoms with E-state index in [0.717, 1.165) is 33.1 Å². The highest BCUT2D eigenvalue weighted by atomic mass is 19.1. The molecule has 2 heterocycles. The molecular weight excluding hydrogens is 403 g/mol. The van der Waals surface area contributed by atoms with E-state index in [0.29, 0.717) is 12.2 Å². The lowest BCUT2D eigenvalue weighted by molar-refractivity contribution is 0.0366. The first-order chi connectivity index (χ1) is 15.5. The smallest absolute Gasteiger partial charge is 0.355 e. The Balaban J connectivity index is 1.67. The molecule has 4 nitrogen and oxygen atoms in total. The Bertz CT molecular complexity index is 1420. The number of ether oxygens (including phenoxy) is 1. The highest BCUT2D eigenvalue weighted by Gasteiger charge is 2.21. The van der Waals surface area contributed by atoms with Gasteiger partial charge in [0.25, 0.3) is 0 Å². The predicted octanol–water partition coefficient (Wildman–Crippen LogP) is 6.34. The van der Waals surface area contributed by atoms with E-state index in [9.17, 15) is 9.18 Å². The summed E-state index contributed by atoms with van der Waals surface area (Å²) in [6.45, 7) is 4.21. The Labute approximate surface area is 185 Å². The van der Waals surface area contributed by atoms with Crippen molar-refractivity contribution in [3.05, 3.63) is 102 Å². The molecule has 0 unspecified atom stereocenters. The molecule has 5 aromatic rings. The van der Waals surface area contributed by atoms with Gasteiger partial charge in [0.15, 0.2) is 0 Å². The summed E-state index contributed by atoms with van der Waals surface area (Å²) in [7, 11) is 0. The minimum atomic E-state index is -0.359. The fourth-order valence-electron chi connectivity index (χ4n) is 4.18. The molecule has 3 aromatic carbocycles. The third-order valence-corrected chi connectivity index (χ3v) is 5.62. The lowest BCUT2D eigenvalue weighted by Crippen LogP contribution is -2.16. The Morgan fingerprint density at radius 2 is 1.69 bits per heavy atom. The summed E-state index contributed by atoms with van der Waals surface area (Å²) in [5, 5.41) is 2.31. The van der Waals surface area contributed by atoms with Gasteiger partial charge in [0.05, 0.1) is 17.1 Å². The maximum Gasteiger partial charge on any atom is 0.355 e. The van der Waals surface area contributed by atoms with Gasteiger partial charge in [0.2, 0.25) is 0 Å². The number of halogens is 1. The van der Waals surface area contributed by atoms with Gasteiger partial charge in [-0.3, -0.25) is 0 Å². The maximum absolute atomic E-state index is 13.4. The molecule has 0 atom stereocenters. The largest absolute Gasteiger partial charge is 0.458 e. The van der Waals surface area contributed by atoms with Crippen LogP contribution >= 0.6 is 0 Å². The van der Waals surface area contributed by atoms with Crippen LogP contribution in [-0.4, -0.2) is 21.2 Å². The second kappa shape index (κ2) is 8.00. The lowest BCUT2D eigenvalue weighted by Gasteiger charge is -2.13. The number of hydrogen-bond acceptors (Lipinski definition) is 2. The van der Waals surface area contributed by atoms with Crippen LogP contribution in [0.3, 0.4) is 0 Å². The van der Waals surface area contributed by atoms with E-state index in [-0.39, 0.29) is 17.9 Å². The van der Waals surface area contributed by atoms with Crippen LogP contribution in [0.4, 0.5) is 4.39 Å². The van der Waals surface area contributed by atoms with Crippen LogP contribution in [0.25, 0.3) is 27.5 Å². The standard InChI is InChI=1S/C27H23FN2O2/c1-18(2)32-27(31)26-16-25-24(14-15-29(25)22-12-10-21(28)11-13-22)30(26)17-20-8-5-7-19-6-3-4-9-23(19)20/h3-16,18H,17H2,1-2H3. The van der Waals surface area contributed by atoms with Gasteiger partial charge < -0.3 is 13.9 Å². The normalized spacial score (nSPS) is 11.5. The van der Waals surface area contributed by atoms with Crippen molar-refractivity contribution in [1.29, 1.82) is 0 Å². The Kier molecular flexibility index (Phi) is 5.02. The average molecular weight is 426 g/mol. The molecule has 0 amide bonds. The van der Waals surface area contributed by atoms with Gasteiger partial charge in [0.1, 0.15) is 11.5 Å². The third-order valence-electron chi connectivity index (χ3n) is 5.62. The van der Waals surface area contributed by atoms with Crippen LogP contribution < -0.4 is 0 Å². The van der Waals surface area contributed by atoms with Crippen LogP contribution in [0.2, 0.25) is 0 Å². The molecule has 0 N–H and O–H groups in total. The number of hydrogen-bond donors (Lipinski definition) is 0. The maximum atomic E-state index is 13.4. The van der Waals surface area contributed by atoms with Gasteiger partial charge in [-0.25, -0.2) is 9.18 Å². The molecule has 0 fully saturated rings. The highest BCUT2D eigenvalue weighted by Crippen LogP contribution is 2.28. The molecule has 0 aliphatic rings. The first kappa shape index (κ1) is 20.1. The van der Waals surface area contributed by atoms with E-state index in [4.69, 9.17) is 4.74 Å². The van der Waals surface area contributed by atoms with E-state index in [1.807, 2.05) is 59.5 Å². The van der Waals surface area contributed by atoms with Crippen molar-refractivity contribution in [2.75, 3.05) is 0 Å². The number of esters is 1. The molecule has 0 bridgehead atoms. The van der Waals surface area contributed by atoms with Gasteiger partial charge in [-0.05, 0) is 66.6 Å². The van der Waals surface area contributed by atoms with Crippen LogP contribution in [-0.2, 0) is 11.3 Å². The van der Waals surface area contributed by atoms with Gasteiger partial charge in [-0.1, -0.05) is 42.5 Å². The molecule has 0 saturated heterocycles. The minimum absolute atomic E-state index is 0.220. The Morgan fingerprint density at radius 3 is 2.47 bits per heavy atom. The Morgan fingerprint density at radius 1 is 0.938 bits per heavy atom. The van der Waals surface area contributed by atoms with Crippen molar-refractivity contribution >= 4 is 27.8 Å². The summed E-state index contributed by atoms with van der Waals surface area (Å²) in [6.07, 6.45) is 1.72. The van der Waals surface area contributed by atoms with Crippen molar-refractivity contribution < 1.29 is 13.9 Å². The monoisotopic (exact) mass is 426 g/mol. The zero-order valence-electron chi connectivity index (χ0n) is 18.0. The quantitative estimate of drug-likeness (QED) is 0.308. The highest BCUT2D eigenvalue weighted by molar-refractivity contribution is 5.96. The number of fused-ring (bicyclic) bond motifs is 2. The molecule has 5 rings (SSSR count). The average Bonchev–Trinajstić information content (AvgIpc) is 3.34. The predicted molar refractivity (Wildman–Crippen MR) is 125 cm³/mol. The molecule has 0 spiro atoms. The number of aromatic nitrogens is 2. The van der Waals surface area contributed by atoms with E-state index >= 15 is 0 Å². The number of nitrogens with zero attached hydrogens (tertiary/aromatic N) is 2. The van der Waals surface area contributed by atoms with Crippen LogP contribution in [0.5, 0.6) is 0 Å². The number of rotatable bonds is 5. The summed E-state index contributed by atoms with van der Waals surface area (Å²) in [4.78, 5) is 13.0. The molecule has 0 radical (unpaired) electrons. The molecule has 0 saturated carbocycles. The molecular formula is C27H23FN2O2. The van der Waals surface area contributed by atoms with E-state index in [1.165, 1.54) is 12.1 Å². The SMILES string of the molecule is CC(C)OC(=O)c1cc2c(ccn2-c2ccc(F)cc2)n1Cc1cccc2ccccc12. The first-order valence-electron chi connectivity index (χ1n) is 10.7. The van der Waals surface area contributed by atoms with E-state index < -0.39 is 0 Å². The number of carbonyl (C=O) groups is 1. The summed E-state index contributed by atoms with van der Waals surface area (Å²) in [6, 6.07) is 24.6. The number of benzene rings is 3. The number of carbonyl (C=O) groups excluding carboxylic acids is 1. The van der Waals surface area contributed by atoms with Gasteiger partial charge >= 0.3 is 5.97 Å². The lowest BCUT2D eigenvalue weighted by atomic mass is 10.0. The first-order valence-corrected chi connectivity index (χ1v) is 10.7. The fourth-order valence-corrected chi connectivity index (χ4v) is 4.18. The molecule has 0 aliphatic heterocycles. The van der Waals surface area contributed by atoms with Gasteiger partial charge in [-0.2, -0.15) is 0 Å².